The van der Waals surface area contributed by atoms with Crippen molar-refractivity contribution in [2.45, 2.75) is 45.3 Å². The molecule has 0 atom stereocenters. The van der Waals surface area contributed by atoms with Gasteiger partial charge in [-0.1, -0.05) is 25.8 Å². The Morgan fingerprint density at radius 2 is 1.96 bits per heavy atom. The third kappa shape index (κ3) is 6.29. The number of halogens is 3. The molecule has 2 aromatic rings. The molecule has 0 N–H and O–H groups in total. The first-order chi connectivity index (χ1) is 12.3. The van der Waals surface area contributed by atoms with Crippen molar-refractivity contribution in [1.29, 1.82) is 0 Å². The lowest BCUT2D eigenvalue weighted by Gasteiger charge is -2.15. The molecule has 0 unspecified atom stereocenters. The fraction of sp³-hybridized carbons (Fsp3) is 0.526. The van der Waals surface area contributed by atoms with Gasteiger partial charge in [-0.25, -0.2) is 4.98 Å². The Hall–Kier alpha value is -1.60. The molecule has 0 fully saturated rings. The molecule has 1 aromatic carbocycles. The molecule has 0 saturated heterocycles. The Morgan fingerprint density at radius 3 is 2.62 bits per heavy atom. The van der Waals surface area contributed by atoms with E-state index >= 15 is 0 Å². The normalized spacial score (nSPS) is 12.0. The summed E-state index contributed by atoms with van der Waals surface area (Å²) in [7, 11) is 3.90. The lowest BCUT2D eigenvalue weighted by molar-refractivity contribution is -0.139. The van der Waals surface area contributed by atoms with Gasteiger partial charge in [-0.2, -0.15) is 13.2 Å². The lowest BCUT2D eigenvalue weighted by atomic mass is 10.1. The Bertz CT molecular complexity index is 698. The van der Waals surface area contributed by atoms with Gasteiger partial charge in [0.2, 0.25) is 0 Å². The molecule has 144 valence electrons. The van der Waals surface area contributed by atoms with Crippen LogP contribution in [0.4, 0.5) is 13.2 Å². The van der Waals surface area contributed by atoms with Crippen LogP contribution in [0.1, 0.15) is 48.0 Å². The molecule has 0 aliphatic rings. The van der Waals surface area contributed by atoms with E-state index in [9.17, 15) is 13.2 Å². The number of nitrogens with zero attached hydrogens (tertiary/aromatic N) is 2. The zero-order valence-corrected chi connectivity index (χ0v) is 16.2. The van der Waals surface area contributed by atoms with E-state index in [0.717, 1.165) is 36.5 Å². The highest BCUT2D eigenvalue weighted by molar-refractivity contribution is 7.09. The highest BCUT2D eigenvalue weighted by Gasteiger charge is 2.34. The van der Waals surface area contributed by atoms with Crippen molar-refractivity contribution < 1.29 is 17.9 Å². The second kappa shape index (κ2) is 9.37. The predicted octanol–water partition coefficient (Wildman–Crippen LogP) is 5.38. The molecule has 0 bridgehead atoms. The van der Waals surface area contributed by atoms with Crippen LogP contribution in [-0.2, 0) is 19.1 Å². The van der Waals surface area contributed by atoms with E-state index in [1.165, 1.54) is 23.5 Å². The first kappa shape index (κ1) is 20.7. The van der Waals surface area contributed by atoms with Crippen molar-refractivity contribution in [1.82, 2.24) is 9.88 Å². The summed E-state index contributed by atoms with van der Waals surface area (Å²) in [6.45, 7) is 3.06. The fourth-order valence-electron chi connectivity index (χ4n) is 2.57. The summed E-state index contributed by atoms with van der Waals surface area (Å²) in [5.41, 5.74) is 0.808. The number of unbranched alkanes of at least 4 members (excludes halogenated alkanes) is 2. The van der Waals surface area contributed by atoms with Crippen molar-refractivity contribution >= 4 is 11.3 Å². The monoisotopic (exact) mass is 386 g/mol. The van der Waals surface area contributed by atoms with Gasteiger partial charge >= 0.3 is 6.18 Å². The Morgan fingerprint density at radius 1 is 1.19 bits per heavy atom. The number of benzene rings is 1. The second-order valence-electron chi connectivity index (χ2n) is 6.53. The third-order valence-corrected chi connectivity index (χ3v) is 4.69. The number of rotatable bonds is 9. The van der Waals surface area contributed by atoms with Gasteiger partial charge in [0.05, 0.1) is 22.9 Å². The van der Waals surface area contributed by atoms with Crippen LogP contribution in [-0.4, -0.2) is 30.6 Å². The van der Waals surface area contributed by atoms with E-state index in [2.05, 4.69) is 4.98 Å². The van der Waals surface area contributed by atoms with E-state index in [1.807, 2.05) is 31.3 Å². The molecule has 0 aliphatic carbocycles. The van der Waals surface area contributed by atoms with Crippen LogP contribution >= 0.6 is 11.3 Å². The van der Waals surface area contributed by atoms with Crippen molar-refractivity contribution in [2.75, 3.05) is 20.7 Å². The smallest absolute Gasteiger partial charge is 0.419 e. The van der Waals surface area contributed by atoms with Crippen molar-refractivity contribution in [2.24, 2.45) is 0 Å². The van der Waals surface area contributed by atoms with Crippen LogP contribution in [0.2, 0.25) is 0 Å². The summed E-state index contributed by atoms with van der Waals surface area (Å²) >= 11 is 1.47. The van der Waals surface area contributed by atoms with Gasteiger partial charge in [0.15, 0.2) is 0 Å². The highest BCUT2D eigenvalue weighted by atomic mass is 32.1. The largest absolute Gasteiger partial charge is 0.493 e. The fourth-order valence-corrected chi connectivity index (χ4v) is 3.39. The minimum atomic E-state index is -4.44. The summed E-state index contributed by atoms with van der Waals surface area (Å²) in [5.74, 6) is -0.0928. The van der Waals surface area contributed by atoms with Crippen LogP contribution in [0, 0.1) is 0 Å². The molecule has 2 rings (SSSR count). The molecular formula is C19H25F3N2OS. The molecule has 1 aromatic heterocycles. The lowest BCUT2D eigenvalue weighted by Crippen LogP contribution is -2.11. The van der Waals surface area contributed by atoms with E-state index < -0.39 is 11.7 Å². The standard InChI is InChI=1S/C19H25F3N2OS/c1-4-5-6-9-25-17-8-7-14(10-16(17)19(20,21)22)11-18-23-15(13-26-18)12-24(2)3/h7-8,10,13H,4-6,9,11-12H2,1-3H3. The first-order valence-electron chi connectivity index (χ1n) is 8.70. The van der Waals surface area contributed by atoms with Crippen LogP contribution in [0.15, 0.2) is 23.6 Å². The predicted molar refractivity (Wildman–Crippen MR) is 98.8 cm³/mol. The number of aromatic nitrogens is 1. The number of hydrogen-bond donors (Lipinski definition) is 0. The summed E-state index contributed by atoms with van der Waals surface area (Å²) in [6.07, 6.45) is -1.35. The van der Waals surface area contributed by atoms with Crippen LogP contribution < -0.4 is 4.74 Å². The molecular weight excluding hydrogens is 361 g/mol. The minimum absolute atomic E-state index is 0.0928. The van der Waals surface area contributed by atoms with Gasteiger partial charge in [-0.15, -0.1) is 11.3 Å². The van der Waals surface area contributed by atoms with E-state index in [1.54, 1.807) is 6.07 Å². The van der Waals surface area contributed by atoms with E-state index in [-0.39, 0.29) is 5.75 Å². The van der Waals surface area contributed by atoms with Crippen LogP contribution in [0.5, 0.6) is 5.75 Å². The Balaban J connectivity index is 2.13. The third-order valence-electron chi connectivity index (χ3n) is 3.79. The van der Waals surface area contributed by atoms with Gasteiger partial charge in [0, 0.05) is 18.3 Å². The van der Waals surface area contributed by atoms with Crippen molar-refractivity contribution in [3.05, 3.63) is 45.4 Å². The van der Waals surface area contributed by atoms with Crippen molar-refractivity contribution in [3.8, 4) is 5.75 Å². The van der Waals surface area contributed by atoms with Crippen LogP contribution in [0.3, 0.4) is 0 Å². The van der Waals surface area contributed by atoms with Gasteiger partial charge in [0.25, 0.3) is 0 Å². The molecule has 0 aliphatic heterocycles. The average Bonchev–Trinajstić information content (AvgIpc) is 2.97. The Labute approximate surface area is 156 Å². The van der Waals surface area contributed by atoms with Crippen LogP contribution in [0.25, 0.3) is 0 Å². The number of thiazole rings is 1. The van der Waals surface area contributed by atoms with Gasteiger partial charge in [-0.05, 0) is 38.2 Å². The number of alkyl halides is 3. The molecule has 1 heterocycles. The topological polar surface area (TPSA) is 25.4 Å². The molecule has 0 amide bonds. The summed E-state index contributed by atoms with van der Waals surface area (Å²) in [5, 5.41) is 2.76. The maximum absolute atomic E-state index is 13.4. The quantitative estimate of drug-likeness (QED) is 0.541. The highest BCUT2D eigenvalue weighted by Crippen LogP contribution is 2.37. The number of ether oxygens (including phenoxy) is 1. The second-order valence-corrected chi connectivity index (χ2v) is 7.47. The molecule has 3 nitrogen and oxygen atoms in total. The molecule has 26 heavy (non-hydrogen) atoms. The summed E-state index contributed by atoms with van der Waals surface area (Å²) in [4.78, 5) is 6.50. The zero-order valence-electron chi connectivity index (χ0n) is 15.4. The van der Waals surface area contributed by atoms with Gasteiger partial charge < -0.3 is 9.64 Å². The summed E-state index contributed by atoms with van der Waals surface area (Å²) < 4.78 is 45.6. The van der Waals surface area contributed by atoms with E-state index in [4.69, 9.17) is 4.74 Å². The molecule has 0 spiro atoms. The van der Waals surface area contributed by atoms with Gasteiger partial charge in [0.1, 0.15) is 5.75 Å². The molecule has 7 heteroatoms. The maximum atomic E-state index is 13.4. The zero-order chi connectivity index (χ0) is 19.2. The molecule has 0 saturated carbocycles. The number of hydrogen-bond acceptors (Lipinski definition) is 4. The minimum Gasteiger partial charge on any atom is -0.493 e. The first-order valence-corrected chi connectivity index (χ1v) is 9.58. The maximum Gasteiger partial charge on any atom is 0.419 e. The Kier molecular flexibility index (Phi) is 7.46. The average molecular weight is 386 g/mol. The summed E-state index contributed by atoms with van der Waals surface area (Å²) in [6, 6.07) is 4.30. The molecule has 0 radical (unpaired) electrons. The van der Waals surface area contributed by atoms with Crippen molar-refractivity contribution in [3.63, 3.8) is 0 Å². The van der Waals surface area contributed by atoms with E-state index in [0.29, 0.717) is 18.6 Å². The van der Waals surface area contributed by atoms with Gasteiger partial charge in [-0.3, -0.25) is 0 Å². The SMILES string of the molecule is CCCCCOc1ccc(Cc2nc(CN(C)C)cs2)cc1C(F)(F)F.